The maximum Gasteiger partial charge on any atom is 0.128 e. The molecule has 1 aliphatic heterocycles. The number of anilines is 1. The van der Waals surface area contributed by atoms with Gasteiger partial charge in [0.25, 0.3) is 0 Å². The molecule has 28 heavy (non-hydrogen) atoms. The minimum atomic E-state index is 0.570. The monoisotopic (exact) mass is 383 g/mol. The second-order valence-electron chi connectivity index (χ2n) is 7.50. The first-order valence-electron chi connectivity index (χ1n) is 10.3. The van der Waals surface area contributed by atoms with Crippen LogP contribution in [-0.2, 0) is 17.8 Å². The third kappa shape index (κ3) is 6.26. The number of pyridine rings is 2. The second-order valence-corrected chi connectivity index (χ2v) is 7.50. The number of aromatic nitrogens is 2. The van der Waals surface area contributed by atoms with Crippen LogP contribution in [0.4, 0.5) is 5.82 Å². The van der Waals surface area contributed by atoms with Gasteiger partial charge < -0.3 is 15.0 Å². The van der Waals surface area contributed by atoms with Crippen LogP contribution in [0.1, 0.15) is 30.5 Å². The minimum absolute atomic E-state index is 0.570. The van der Waals surface area contributed by atoms with Crippen molar-refractivity contribution < 1.29 is 4.74 Å². The van der Waals surface area contributed by atoms with E-state index >= 15 is 0 Å². The van der Waals surface area contributed by atoms with E-state index < -0.39 is 0 Å². The lowest BCUT2D eigenvalue weighted by molar-refractivity contribution is 0.162. The minimum Gasteiger partial charge on any atom is -0.383 e. The third-order valence-electron chi connectivity index (χ3n) is 5.37. The molecule has 0 aliphatic carbocycles. The summed E-state index contributed by atoms with van der Waals surface area (Å²) in [6.45, 7) is 5.53. The predicted octanol–water partition coefficient (Wildman–Crippen LogP) is 2.70. The Morgan fingerprint density at radius 2 is 2.04 bits per heavy atom. The molecule has 0 radical (unpaired) electrons. The Balaban J connectivity index is 1.69. The fourth-order valence-corrected chi connectivity index (χ4v) is 3.69. The van der Waals surface area contributed by atoms with E-state index in [1.807, 2.05) is 25.5 Å². The van der Waals surface area contributed by atoms with Gasteiger partial charge in [0.2, 0.25) is 0 Å². The molecule has 0 spiro atoms. The van der Waals surface area contributed by atoms with Crippen molar-refractivity contribution in [3.05, 3.63) is 54.0 Å². The van der Waals surface area contributed by atoms with Crippen LogP contribution in [0.2, 0.25) is 0 Å². The van der Waals surface area contributed by atoms with Crippen molar-refractivity contribution >= 4 is 5.82 Å². The quantitative estimate of drug-likeness (QED) is 0.719. The Morgan fingerprint density at radius 3 is 2.79 bits per heavy atom. The molecule has 0 aromatic carbocycles. The maximum atomic E-state index is 5.16. The molecule has 0 saturated carbocycles. The molecule has 152 valence electrons. The fraction of sp³-hybridized carbons (Fsp3) is 0.545. The third-order valence-corrected chi connectivity index (χ3v) is 5.37. The van der Waals surface area contributed by atoms with Crippen LogP contribution in [0, 0.1) is 0 Å². The van der Waals surface area contributed by atoms with E-state index in [1.54, 1.807) is 7.11 Å². The van der Waals surface area contributed by atoms with Crippen LogP contribution in [0.5, 0.6) is 0 Å². The molecule has 1 fully saturated rings. The van der Waals surface area contributed by atoms with E-state index in [4.69, 9.17) is 4.74 Å². The summed E-state index contributed by atoms with van der Waals surface area (Å²) in [5, 5.41) is 3.53. The zero-order valence-corrected chi connectivity index (χ0v) is 17.2. The van der Waals surface area contributed by atoms with Crippen molar-refractivity contribution in [3.63, 3.8) is 0 Å². The molecule has 0 amide bonds. The Morgan fingerprint density at radius 1 is 1.11 bits per heavy atom. The topological polar surface area (TPSA) is 53.5 Å². The zero-order valence-electron chi connectivity index (χ0n) is 17.2. The molecule has 2 aromatic heterocycles. The number of hydrogen-bond donors (Lipinski definition) is 1. The van der Waals surface area contributed by atoms with E-state index in [0.717, 1.165) is 44.2 Å². The van der Waals surface area contributed by atoms with E-state index in [9.17, 15) is 0 Å². The number of methoxy groups -OCH3 is 1. The molecular formula is C22H33N5O. The molecular weight excluding hydrogens is 350 g/mol. The maximum absolute atomic E-state index is 5.16. The Kier molecular flexibility index (Phi) is 8.21. The molecule has 2 aromatic rings. The van der Waals surface area contributed by atoms with Gasteiger partial charge in [-0.1, -0.05) is 12.1 Å². The highest BCUT2D eigenvalue weighted by atomic mass is 16.5. The summed E-state index contributed by atoms with van der Waals surface area (Å²) in [7, 11) is 3.77. The number of nitrogens with zero attached hydrogens (tertiary/aromatic N) is 4. The van der Waals surface area contributed by atoms with Crippen molar-refractivity contribution in [1.29, 1.82) is 0 Å². The number of likely N-dealkylation sites (N-methyl/N-ethyl adjacent to an activating group) is 1. The van der Waals surface area contributed by atoms with E-state index in [0.29, 0.717) is 12.6 Å². The summed E-state index contributed by atoms with van der Waals surface area (Å²) in [5.41, 5.74) is 2.38. The van der Waals surface area contributed by atoms with Crippen molar-refractivity contribution in [2.24, 2.45) is 0 Å². The van der Waals surface area contributed by atoms with Crippen LogP contribution in [0.25, 0.3) is 0 Å². The lowest BCUT2D eigenvalue weighted by Gasteiger charge is -2.31. The van der Waals surface area contributed by atoms with Gasteiger partial charge in [-0.3, -0.25) is 9.88 Å². The van der Waals surface area contributed by atoms with Gasteiger partial charge in [-0.05, 0) is 56.1 Å². The van der Waals surface area contributed by atoms with Gasteiger partial charge in [-0.15, -0.1) is 0 Å². The number of ether oxygens (including phenoxy) is 1. The molecule has 1 unspecified atom stereocenters. The summed E-state index contributed by atoms with van der Waals surface area (Å²) >= 11 is 0. The van der Waals surface area contributed by atoms with Crippen molar-refractivity contribution in [3.8, 4) is 0 Å². The second kappa shape index (κ2) is 11.1. The Hall–Kier alpha value is -2.02. The van der Waals surface area contributed by atoms with Crippen LogP contribution >= 0.6 is 0 Å². The van der Waals surface area contributed by atoms with Crippen LogP contribution < -0.4 is 10.2 Å². The Bertz CT molecular complexity index is 671. The van der Waals surface area contributed by atoms with Crippen LogP contribution in [0.3, 0.4) is 0 Å². The average Bonchev–Trinajstić information content (AvgIpc) is 3.02. The lowest BCUT2D eigenvalue weighted by Crippen LogP contribution is -2.35. The van der Waals surface area contributed by atoms with Gasteiger partial charge in [0, 0.05) is 52.2 Å². The molecule has 1 N–H and O–H groups in total. The number of nitrogens with one attached hydrogen (secondary N) is 1. The van der Waals surface area contributed by atoms with Crippen LogP contribution in [0.15, 0.2) is 42.7 Å². The van der Waals surface area contributed by atoms with Gasteiger partial charge in [0.05, 0.1) is 12.3 Å². The molecule has 3 rings (SSSR count). The predicted molar refractivity (Wildman–Crippen MR) is 113 cm³/mol. The normalized spacial score (nSPS) is 17.5. The van der Waals surface area contributed by atoms with Gasteiger partial charge in [-0.25, -0.2) is 4.98 Å². The van der Waals surface area contributed by atoms with Gasteiger partial charge in [-0.2, -0.15) is 0 Å². The van der Waals surface area contributed by atoms with Crippen molar-refractivity contribution in [1.82, 2.24) is 20.2 Å². The smallest absolute Gasteiger partial charge is 0.128 e. The highest BCUT2D eigenvalue weighted by Crippen LogP contribution is 2.20. The molecule has 6 heteroatoms. The summed E-state index contributed by atoms with van der Waals surface area (Å²) in [4.78, 5) is 13.9. The van der Waals surface area contributed by atoms with Gasteiger partial charge in [0.15, 0.2) is 0 Å². The van der Waals surface area contributed by atoms with E-state index in [1.165, 1.54) is 24.8 Å². The first kappa shape index (κ1) is 20.7. The average molecular weight is 384 g/mol. The molecule has 6 nitrogen and oxygen atoms in total. The van der Waals surface area contributed by atoms with Crippen molar-refractivity contribution in [2.75, 3.05) is 45.3 Å². The SMILES string of the molecule is COCCN(C)c1ccc(CN(Cc2ccccn2)C2CCCNCC2)cn1. The molecule has 3 heterocycles. The fourth-order valence-electron chi connectivity index (χ4n) is 3.69. The summed E-state index contributed by atoms with van der Waals surface area (Å²) in [6, 6.07) is 11.0. The first-order valence-corrected chi connectivity index (χ1v) is 10.3. The Labute approximate surface area is 168 Å². The zero-order chi connectivity index (χ0) is 19.6. The van der Waals surface area contributed by atoms with Gasteiger partial charge in [0.1, 0.15) is 5.82 Å². The summed E-state index contributed by atoms with van der Waals surface area (Å²) in [5.74, 6) is 0.982. The molecule has 0 bridgehead atoms. The number of hydrogen-bond acceptors (Lipinski definition) is 6. The molecule has 1 saturated heterocycles. The first-order chi connectivity index (χ1) is 13.8. The van der Waals surface area contributed by atoms with Crippen molar-refractivity contribution in [2.45, 2.75) is 38.4 Å². The van der Waals surface area contributed by atoms with Crippen LogP contribution in [-0.4, -0.2) is 61.3 Å². The highest BCUT2D eigenvalue weighted by molar-refractivity contribution is 5.38. The molecule has 1 aliphatic rings. The van der Waals surface area contributed by atoms with E-state index in [-0.39, 0.29) is 0 Å². The highest BCUT2D eigenvalue weighted by Gasteiger charge is 2.21. The lowest BCUT2D eigenvalue weighted by atomic mass is 10.1. The standard InChI is InChI=1S/C22H33N5O/c1-26(14-15-28-2)22-9-8-19(16-25-22)17-27(18-20-6-3-4-12-24-20)21-7-5-11-23-13-10-21/h3-4,6,8-9,12,16,21,23H,5,7,10-11,13-15,17-18H2,1-2H3. The van der Waals surface area contributed by atoms with Gasteiger partial charge >= 0.3 is 0 Å². The summed E-state index contributed by atoms with van der Waals surface area (Å²) < 4.78 is 5.16. The molecule has 1 atom stereocenters. The van der Waals surface area contributed by atoms with E-state index in [2.05, 4.69) is 49.4 Å². The summed E-state index contributed by atoms with van der Waals surface area (Å²) in [6.07, 6.45) is 7.53. The number of rotatable bonds is 9. The largest absolute Gasteiger partial charge is 0.383 e.